The molecule has 6 nitrogen and oxygen atoms in total. The van der Waals surface area contributed by atoms with Crippen molar-refractivity contribution in [2.24, 2.45) is 0 Å². The van der Waals surface area contributed by atoms with Crippen molar-refractivity contribution >= 4 is 38.4 Å². The van der Waals surface area contributed by atoms with E-state index >= 15 is 0 Å². The average Bonchev–Trinajstić information content (AvgIpc) is 3.48. The van der Waals surface area contributed by atoms with Crippen LogP contribution in [0.5, 0.6) is 0 Å². The topological polar surface area (TPSA) is 76.9 Å². The van der Waals surface area contributed by atoms with Crippen LogP contribution in [0, 0.1) is 0 Å². The van der Waals surface area contributed by atoms with Crippen molar-refractivity contribution in [3.8, 4) is 0 Å². The number of thiazole rings is 1. The molecule has 0 bridgehead atoms. The van der Waals surface area contributed by atoms with Gasteiger partial charge in [0.2, 0.25) is 5.91 Å². The summed E-state index contributed by atoms with van der Waals surface area (Å²) in [5, 5.41) is 4.47. The highest BCUT2D eigenvalue weighted by Crippen LogP contribution is 2.34. The van der Waals surface area contributed by atoms with E-state index in [1.807, 2.05) is 48.5 Å². The minimum absolute atomic E-state index is 0.00276. The van der Waals surface area contributed by atoms with Crippen LogP contribution in [0.3, 0.4) is 0 Å². The Morgan fingerprint density at radius 1 is 1.07 bits per heavy atom. The van der Waals surface area contributed by atoms with Crippen molar-refractivity contribution in [2.75, 3.05) is 0 Å². The van der Waals surface area contributed by atoms with Gasteiger partial charge >= 0.3 is 0 Å². The van der Waals surface area contributed by atoms with Gasteiger partial charge in [0.25, 0.3) is 5.56 Å². The van der Waals surface area contributed by atoms with Crippen molar-refractivity contribution in [2.45, 2.75) is 38.3 Å². The van der Waals surface area contributed by atoms with E-state index in [-0.39, 0.29) is 17.5 Å². The molecule has 0 spiro atoms. The molecule has 0 radical (unpaired) electrons. The van der Waals surface area contributed by atoms with Gasteiger partial charge < -0.3 is 5.32 Å². The smallest absolute Gasteiger partial charge is 0.261 e. The van der Waals surface area contributed by atoms with Gasteiger partial charge in [-0.05, 0) is 37.1 Å². The van der Waals surface area contributed by atoms with Gasteiger partial charge in [0.1, 0.15) is 10.8 Å². The zero-order chi connectivity index (χ0) is 19.8. The van der Waals surface area contributed by atoms with Gasteiger partial charge in [0.15, 0.2) is 0 Å². The van der Waals surface area contributed by atoms with E-state index in [1.165, 1.54) is 0 Å². The molecule has 146 valence electrons. The number of nitrogens with one attached hydrogen (secondary N) is 1. The Bertz CT molecular complexity index is 1240. The van der Waals surface area contributed by atoms with Crippen molar-refractivity contribution in [3.63, 3.8) is 0 Å². The fraction of sp³-hybridized carbons (Fsp3) is 0.273. The summed E-state index contributed by atoms with van der Waals surface area (Å²) in [5.41, 5.74) is 1.65. The lowest BCUT2D eigenvalue weighted by Gasteiger charge is -2.12. The number of aromatic nitrogens is 3. The van der Waals surface area contributed by atoms with E-state index in [9.17, 15) is 9.59 Å². The third-order valence-electron chi connectivity index (χ3n) is 5.14. The lowest BCUT2D eigenvalue weighted by Crippen LogP contribution is -2.27. The number of benzene rings is 2. The van der Waals surface area contributed by atoms with Gasteiger partial charge in [-0.3, -0.25) is 14.2 Å². The SMILES string of the molecule is O=C(CCc1nc2ccccc2c(=O)n1C1CC1)NCc1nc2ccccc2s1. The van der Waals surface area contributed by atoms with Crippen LogP contribution in [-0.2, 0) is 17.8 Å². The molecule has 1 amide bonds. The van der Waals surface area contributed by atoms with E-state index in [1.54, 1.807) is 15.9 Å². The van der Waals surface area contributed by atoms with Crippen LogP contribution in [0.4, 0.5) is 0 Å². The number of para-hydroxylation sites is 2. The van der Waals surface area contributed by atoms with Crippen molar-refractivity contribution in [1.29, 1.82) is 0 Å². The monoisotopic (exact) mass is 404 g/mol. The second-order valence-corrected chi connectivity index (χ2v) is 8.42. The maximum absolute atomic E-state index is 12.9. The summed E-state index contributed by atoms with van der Waals surface area (Å²) in [7, 11) is 0. The molecule has 0 unspecified atom stereocenters. The van der Waals surface area contributed by atoms with E-state index < -0.39 is 0 Å². The Hall–Kier alpha value is -3.06. The summed E-state index contributed by atoms with van der Waals surface area (Å²) in [6, 6.07) is 15.6. The van der Waals surface area contributed by atoms with E-state index in [2.05, 4.69) is 15.3 Å². The van der Waals surface area contributed by atoms with Crippen LogP contribution >= 0.6 is 11.3 Å². The number of nitrogens with zero attached hydrogens (tertiary/aromatic N) is 3. The van der Waals surface area contributed by atoms with Crippen LogP contribution in [0.25, 0.3) is 21.1 Å². The maximum Gasteiger partial charge on any atom is 0.261 e. The van der Waals surface area contributed by atoms with E-state index in [4.69, 9.17) is 0 Å². The standard InChI is InChI=1S/C22H20N4O2S/c27-20(23-13-21-25-17-7-3-4-8-18(17)29-21)12-11-19-24-16-6-2-1-5-15(16)22(28)26(19)14-9-10-14/h1-8,14H,9-13H2,(H,23,27). The summed E-state index contributed by atoms with van der Waals surface area (Å²) in [6.45, 7) is 0.415. The second-order valence-electron chi connectivity index (χ2n) is 7.30. The molecule has 0 aliphatic heterocycles. The first kappa shape index (κ1) is 18.0. The number of hydrogen-bond donors (Lipinski definition) is 1. The zero-order valence-corrected chi connectivity index (χ0v) is 16.6. The Labute approximate surface area is 171 Å². The third-order valence-corrected chi connectivity index (χ3v) is 6.18. The molecule has 4 aromatic rings. The molecule has 2 aromatic carbocycles. The summed E-state index contributed by atoms with van der Waals surface area (Å²) < 4.78 is 2.91. The molecule has 1 fully saturated rings. The van der Waals surface area contributed by atoms with Crippen molar-refractivity contribution in [3.05, 3.63) is 69.7 Å². The van der Waals surface area contributed by atoms with Gasteiger partial charge in [-0.1, -0.05) is 24.3 Å². The maximum atomic E-state index is 12.9. The molecule has 1 saturated carbocycles. The fourth-order valence-electron chi connectivity index (χ4n) is 3.56. The quantitative estimate of drug-likeness (QED) is 0.533. The predicted molar refractivity (Wildman–Crippen MR) is 114 cm³/mol. The van der Waals surface area contributed by atoms with Crippen LogP contribution in [0.15, 0.2) is 53.3 Å². The number of amides is 1. The first-order valence-electron chi connectivity index (χ1n) is 9.80. The molecule has 0 atom stereocenters. The van der Waals surface area contributed by atoms with Gasteiger partial charge in [-0.25, -0.2) is 9.97 Å². The normalized spacial score (nSPS) is 13.8. The highest BCUT2D eigenvalue weighted by Gasteiger charge is 2.28. The second kappa shape index (κ2) is 7.40. The number of fused-ring (bicyclic) bond motifs is 2. The van der Waals surface area contributed by atoms with Crippen molar-refractivity contribution in [1.82, 2.24) is 19.9 Å². The Balaban J connectivity index is 1.29. The summed E-state index contributed by atoms with van der Waals surface area (Å²) in [6.07, 6.45) is 2.73. The fourth-order valence-corrected chi connectivity index (χ4v) is 4.47. The third kappa shape index (κ3) is 3.65. The molecule has 5 rings (SSSR count). The van der Waals surface area contributed by atoms with Crippen LogP contribution in [0.2, 0.25) is 0 Å². The van der Waals surface area contributed by atoms with Gasteiger partial charge in [0.05, 0.1) is 27.7 Å². The number of carbonyl (C=O) groups is 1. The molecular weight excluding hydrogens is 384 g/mol. The molecular formula is C22H20N4O2S. The van der Waals surface area contributed by atoms with Crippen LogP contribution in [0.1, 0.15) is 36.1 Å². The van der Waals surface area contributed by atoms with E-state index in [0.717, 1.165) is 28.1 Å². The van der Waals surface area contributed by atoms with Crippen LogP contribution < -0.4 is 10.9 Å². The van der Waals surface area contributed by atoms with E-state index in [0.29, 0.717) is 36.1 Å². The predicted octanol–water partition coefficient (Wildman–Crippen LogP) is 3.59. The molecule has 1 N–H and O–H groups in total. The molecule has 1 aliphatic rings. The molecule has 2 aromatic heterocycles. The summed E-state index contributed by atoms with van der Waals surface area (Å²) >= 11 is 1.59. The van der Waals surface area contributed by atoms with Gasteiger partial charge in [-0.15, -0.1) is 11.3 Å². The number of rotatable bonds is 6. The van der Waals surface area contributed by atoms with Gasteiger partial charge in [-0.2, -0.15) is 0 Å². The molecule has 29 heavy (non-hydrogen) atoms. The highest BCUT2D eigenvalue weighted by molar-refractivity contribution is 7.18. The number of carbonyl (C=O) groups excluding carboxylic acids is 1. The largest absolute Gasteiger partial charge is 0.350 e. The first-order valence-corrected chi connectivity index (χ1v) is 10.6. The molecule has 2 heterocycles. The highest BCUT2D eigenvalue weighted by atomic mass is 32.1. The molecule has 0 saturated heterocycles. The Kier molecular flexibility index (Phi) is 4.60. The average molecular weight is 404 g/mol. The number of aryl methyl sites for hydroxylation is 1. The first-order chi connectivity index (χ1) is 14.2. The Morgan fingerprint density at radius 3 is 2.62 bits per heavy atom. The molecule has 1 aliphatic carbocycles. The lowest BCUT2D eigenvalue weighted by atomic mass is 10.2. The minimum Gasteiger partial charge on any atom is -0.350 e. The summed E-state index contributed by atoms with van der Waals surface area (Å²) in [4.78, 5) is 34.5. The molecule has 7 heteroatoms. The van der Waals surface area contributed by atoms with Gasteiger partial charge in [0, 0.05) is 18.9 Å². The summed E-state index contributed by atoms with van der Waals surface area (Å²) in [5.74, 6) is 0.639. The minimum atomic E-state index is -0.0611. The van der Waals surface area contributed by atoms with Crippen LogP contribution in [-0.4, -0.2) is 20.4 Å². The zero-order valence-electron chi connectivity index (χ0n) is 15.8. The number of hydrogen-bond acceptors (Lipinski definition) is 5. The Morgan fingerprint density at radius 2 is 1.83 bits per heavy atom. The lowest BCUT2D eigenvalue weighted by molar-refractivity contribution is -0.121. The van der Waals surface area contributed by atoms with Crippen molar-refractivity contribution < 1.29 is 4.79 Å².